The van der Waals surface area contributed by atoms with Crippen LogP contribution in [0.1, 0.15) is 130 Å². The molecule has 702 valence electrons. The van der Waals surface area contributed by atoms with Gasteiger partial charge < -0.3 is 40.5 Å². The van der Waals surface area contributed by atoms with Crippen LogP contribution in [0.15, 0.2) is 121 Å². The number of likely N-dealkylation sites (tertiary alicyclic amines) is 9. The molecule has 0 aromatic heterocycles. The SMILES string of the molecule is C#CC#CC#CC#CC#CC#CC#CC#CC#CC#CC#CC#CC#CC#CC#CC#CC#CC#CC#CC#CC#CC#CC#CC#CC.CCC12CCN(Cc3ccccc3)C1CN(C)C2.CCOC(=O)C12CCN(Cc3ccccc3)C1CN(C(=O)OC(C)(C)C)C2.CN1CC2CCCC2(C)C1.CN1CC2N(Cc3ccccc3)CCC2(C)C1.CN1CC2N(Cc3ccccc3)CCC2(CO)C1.[AlH3].[H-].[Li+]. The molecule has 1 aliphatic carbocycles. The molecule has 0 spiro atoms. The smallest absolute Gasteiger partial charge is 1.00 e. The zero-order valence-corrected chi connectivity index (χ0v) is 83.4. The Hall–Kier alpha value is -14.2. The number of ether oxygens (including phenoxy) is 2. The first kappa shape index (κ1) is 114. The van der Waals surface area contributed by atoms with Crippen molar-refractivity contribution in [2.24, 2.45) is 33.0 Å². The summed E-state index contributed by atoms with van der Waals surface area (Å²) < 4.78 is 11.0. The maximum absolute atomic E-state index is 12.9. The molecule has 9 aliphatic heterocycles. The molecule has 10 atom stereocenters. The summed E-state index contributed by atoms with van der Waals surface area (Å²) in [6, 6.07) is 44.7. The van der Waals surface area contributed by atoms with Crippen molar-refractivity contribution in [3.05, 3.63) is 144 Å². The minimum atomic E-state index is -0.665. The third-order valence-corrected chi connectivity index (χ3v) is 26.0. The Morgan fingerprint density at radius 3 is 1.04 bits per heavy atom. The van der Waals surface area contributed by atoms with Gasteiger partial charge in [0.15, 0.2) is 17.4 Å². The number of carbonyl (C=O) groups excluding carboxylic acids is 2. The molecule has 4 aromatic rings. The van der Waals surface area contributed by atoms with E-state index in [0.717, 1.165) is 76.8 Å². The number of amides is 1. The van der Waals surface area contributed by atoms with Gasteiger partial charge in [-0.15, -0.1) is 6.42 Å². The summed E-state index contributed by atoms with van der Waals surface area (Å²) in [6.45, 7) is 36.3. The molecule has 9 heterocycles. The van der Waals surface area contributed by atoms with Crippen molar-refractivity contribution in [3.63, 3.8) is 0 Å². The molecule has 9 saturated heterocycles. The van der Waals surface area contributed by atoms with Crippen molar-refractivity contribution in [1.29, 1.82) is 0 Å². The van der Waals surface area contributed by atoms with E-state index in [0.29, 0.717) is 55.0 Å². The van der Waals surface area contributed by atoms with Gasteiger partial charge in [0, 0.05) is 311 Å². The number of esters is 1. The Bertz CT molecular complexity index is 6630. The normalized spacial score (nSPS) is 22.1. The van der Waals surface area contributed by atoms with E-state index in [4.69, 9.17) is 15.9 Å². The number of hydrogen-bond acceptors (Lipinski definition) is 13. The van der Waals surface area contributed by atoms with E-state index in [1.54, 1.807) is 11.8 Å². The maximum atomic E-state index is 12.9. The van der Waals surface area contributed by atoms with E-state index >= 15 is 0 Å². The average Bonchev–Trinajstić information content (AvgIpc) is 1.58. The average molecular weight is 1870 g/mol. The number of carbonyl (C=O) groups is 2. The first-order chi connectivity index (χ1) is 67.5. The van der Waals surface area contributed by atoms with Gasteiger partial charge in [-0.2, -0.15) is 0 Å². The third kappa shape index (κ3) is 37.8. The summed E-state index contributed by atoms with van der Waals surface area (Å²) >= 11 is 0. The van der Waals surface area contributed by atoms with E-state index < -0.39 is 11.0 Å². The van der Waals surface area contributed by atoms with E-state index in [1.165, 1.54) is 113 Å². The Labute approximate surface area is 868 Å². The van der Waals surface area contributed by atoms with Crippen LogP contribution in [0.25, 0.3) is 0 Å². The number of nitrogens with zero attached hydrogens (tertiary/aromatic N) is 9. The number of terminal acetylenes is 1. The van der Waals surface area contributed by atoms with Crippen molar-refractivity contribution >= 4 is 29.4 Å². The van der Waals surface area contributed by atoms with Crippen LogP contribution in [-0.4, -0.2) is 241 Å². The minimum absolute atomic E-state index is 0. The summed E-state index contributed by atoms with van der Waals surface area (Å²) in [5.41, 5.74) is 6.20. The molecule has 1 amide bonds. The Morgan fingerprint density at radius 2 is 0.695 bits per heavy atom. The summed E-state index contributed by atoms with van der Waals surface area (Å²) in [7, 11) is 8.95. The summed E-state index contributed by atoms with van der Waals surface area (Å²) in [4.78, 5) is 47.3. The van der Waals surface area contributed by atoms with Crippen molar-refractivity contribution in [2.45, 2.75) is 163 Å². The molecule has 1 N–H and O–H groups in total. The summed E-state index contributed by atoms with van der Waals surface area (Å²) in [5, 5.41) is 9.78. The Balaban J connectivity index is 0.000000279. The topological polar surface area (TPSA) is 102 Å². The first-order valence-electron chi connectivity index (χ1n) is 47.0. The second-order valence-corrected chi connectivity index (χ2v) is 37.1. The fraction of sp³-hybridized carbons (Fsp3) is 0.408. The fourth-order valence-electron chi connectivity index (χ4n) is 19.9. The van der Waals surface area contributed by atoms with Crippen molar-refractivity contribution in [2.75, 3.05) is 133 Å². The molecular weight excluding hydrogens is 1740 g/mol. The van der Waals surface area contributed by atoms with Crippen LogP contribution in [0.5, 0.6) is 0 Å². The van der Waals surface area contributed by atoms with Crippen LogP contribution < -0.4 is 18.9 Å². The van der Waals surface area contributed by atoms with Gasteiger partial charge in [-0.25, -0.2) is 4.79 Å². The third-order valence-electron chi connectivity index (χ3n) is 26.0. The van der Waals surface area contributed by atoms with Crippen LogP contribution in [0.3, 0.4) is 0 Å². The molecule has 10 unspecified atom stereocenters. The summed E-state index contributed by atoms with van der Waals surface area (Å²) in [6.07, 6.45) is 14.9. The van der Waals surface area contributed by atoms with Crippen molar-refractivity contribution < 1.29 is 44.5 Å². The van der Waals surface area contributed by atoms with Crippen LogP contribution in [0.2, 0.25) is 0 Å². The first-order valence-corrected chi connectivity index (χ1v) is 47.0. The van der Waals surface area contributed by atoms with Crippen molar-refractivity contribution in [3.8, 4) is 285 Å². The largest absolute Gasteiger partial charge is 1.00 e. The fourth-order valence-corrected chi connectivity index (χ4v) is 19.9. The predicted octanol–water partition coefficient (Wildman–Crippen LogP) is 7.45. The van der Waals surface area contributed by atoms with Gasteiger partial charge in [0.25, 0.3) is 0 Å². The molecule has 4 aromatic carbocycles. The number of aliphatic hydroxyl groups is 1. The molecule has 16 heteroatoms. The van der Waals surface area contributed by atoms with E-state index in [-0.39, 0.29) is 61.2 Å². The van der Waals surface area contributed by atoms with Gasteiger partial charge in [0.1, 0.15) is 11.0 Å². The van der Waals surface area contributed by atoms with Gasteiger partial charge in [-0.1, -0.05) is 154 Å². The van der Waals surface area contributed by atoms with Crippen LogP contribution in [0.4, 0.5) is 4.79 Å². The van der Waals surface area contributed by atoms with E-state index in [2.05, 4.69) is 470 Å². The van der Waals surface area contributed by atoms with Gasteiger partial charge >= 0.3 is 30.9 Å². The maximum Gasteiger partial charge on any atom is 1.00 e. The second kappa shape index (κ2) is 61.3. The molecule has 0 bridgehead atoms. The zero-order chi connectivity index (χ0) is 99.1. The number of fused-ring (bicyclic) bond motifs is 5. The number of aliphatic hydroxyl groups excluding tert-OH is 1. The van der Waals surface area contributed by atoms with Crippen molar-refractivity contribution in [1.82, 2.24) is 44.1 Å². The number of benzene rings is 4. The van der Waals surface area contributed by atoms with Crippen LogP contribution in [-0.2, 0) is 40.4 Å². The van der Waals surface area contributed by atoms with Gasteiger partial charge in [-0.3, -0.25) is 24.4 Å². The molecule has 10 fully saturated rings. The van der Waals surface area contributed by atoms with Gasteiger partial charge in [0.05, 0.1) is 13.2 Å². The van der Waals surface area contributed by atoms with Gasteiger partial charge in [-0.05, 0) is 261 Å². The molecular formula is C125H123AlLiN9O5. The molecule has 14 rings (SSSR count). The van der Waals surface area contributed by atoms with Gasteiger partial charge in [0.2, 0.25) is 0 Å². The molecule has 10 aliphatic rings. The van der Waals surface area contributed by atoms with Crippen LogP contribution in [0, 0.1) is 318 Å². The van der Waals surface area contributed by atoms with Crippen LogP contribution >= 0.6 is 0 Å². The molecule has 1 saturated carbocycles. The quantitative estimate of drug-likeness (QED) is 0.0865. The predicted molar refractivity (Wildman–Crippen MR) is 568 cm³/mol. The summed E-state index contributed by atoms with van der Waals surface area (Å²) in [5.74, 6) is 118. The number of rotatable bonds is 12. The van der Waals surface area contributed by atoms with E-state index in [9.17, 15) is 14.7 Å². The Morgan fingerprint density at radius 1 is 0.390 bits per heavy atom. The second-order valence-electron chi connectivity index (χ2n) is 37.1. The molecule has 0 radical (unpaired) electrons. The molecule has 141 heavy (non-hydrogen) atoms. The number of hydrogen-bond donors (Lipinski definition) is 1. The molecule has 14 nitrogen and oxygen atoms in total. The zero-order valence-electron chi connectivity index (χ0n) is 84.4. The monoisotopic (exact) mass is 1860 g/mol. The number of likely N-dealkylation sites (N-methyl/N-ethyl adjacent to an activating group) is 3. The minimum Gasteiger partial charge on any atom is -1.00 e. The van der Waals surface area contributed by atoms with E-state index in [1.807, 2.05) is 45.9 Å². The Kier molecular flexibility index (Phi) is 49.5. The standard InChI is InChI=1S/C49H4.C21H30N2O4.C16H24N2.C15H22N2O.C15H22N2.C9H17N.Al.Li.4H/c1-3-5-7-9-11-13-15-17-19-21-23-25-27-29-31-33-35-37-39-41-43-45-47-49-48-46-44-42-40-38-36-34-32-30-28-26-24-22-20-18-16-14-12-10-8-6-4-2;1-5-26-18(24)21-11-12-22(13-16-9-7-6-8-10-16)17(21)14-23(15-21)19(25)27-20(2,3)4;1-3-16-9-10-18(15(16)12-17(2)13-16)11-14-7-5-4-6-8-14;1-16-10-14-15(11-16,12-18)7-8-17(14)9-13-5-3-2-4-6-13;1-15-8-9-17(14(15)11-16(2)12-15)10-13-6-4-3-5-7-13;1-9-5-3-4-8(9)6-10(2)7-9;;;;;;/h1H,2H3;6-10,17H,5,11-15H2,1-4H3;4-8,15H,3,9-13H2,1-2H3;2-6,14,18H,7-12H2,1H3;3-7,14H,8-12H2,1-2H3;8H,3-7H2,1-2H3;;;;;;/q;;;;;;;+1;;;;-1.